The van der Waals surface area contributed by atoms with Crippen LogP contribution < -0.4 is 14.8 Å². The van der Waals surface area contributed by atoms with E-state index in [0.29, 0.717) is 0 Å². The number of ether oxygens (including phenoxy) is 2. The van der Waals surface area contributed by atoms with E-state index < -0.39 is 0 Å². The molecule has 2 aliphatic heterocycles. The molecule has 2 aromatic rings. The van der Waals surface area contributed by atoms with E-state index in [-0.39, 0.29) is 12.1 Å². The van der Waals surface area contributed by atoms with Crippen LogP contribution in [0, 0.1) is 0 Å². The van der Waals surface area contributed by atoms with Crippen molar-refractivity contribution in [1.29, 1.82) is 0 Å². The zero-order chi connectivity index (χ0) is 14.2. The van der Waals surface area contributed by atoms with Gasteiger partial charge in [-0.25, -0.2) is 0 Å². The summed E-state index contributed by atoms with van der Waals surface area (Å²) >= 11 is 0. The van der Waals surface area contributed by atoms with Crippen LogP contribution in [-0.2, 0) is 12.8 Å². The van der Waals surface area contributed by atoms with E-state index in [2.05, 4.69) is 35.6 Å². The second-order valence-electron chi connectivity index (χ2n) is 5.67. The number of benzene rings is 2. The van der Waals surface area contributed by atoms with Crippen molar-refractivity contribution < 1.29 is 9.47 Å². The van der Waals surface area contributed by atoms with Crippen LogP contribution >= 0.6 is 0 Å². The first-order valence-electron chi connectivity index (χ1n) is 7.53. The molecule has 3 nitrogen and oxygen atoms in total. The molecule has 3 heteroatoms. The molecule has 0 amide bonds. The van der Waals surface area contributed by atoms with Crippen molar-refractivity contribution in [2.24, 2.45) is 0 Å². The minimum Gasteiger partial charge on any atom is -0.493 e. The Morgan fingerprint density at radius 2 is 1.95 bits per heavy atom. The third-order valence-corrected chi connectivity index (χ3v) is 4.43. The second kappa shape index (κ2) is 5.08. The van der Waals surface area contributed by atoms with Gasteiger partial charge in [0.15, 0.2) is 0 Å². The Morgan fingerprint density at radius 3 is 2.81 bits per heavy atom. The van der Waals surface area contributed by atoms with E-state index in [9.17, 15) is 0 Å². The standard InChI is InChI=1S/C18H19NO2/c1-19-17(14-7-4-6-12-9-10-20-18(12)14)16-11-13-5-2-3-8-15(13)21-16/h2-8,16-17,19H,9-11H2,1H3. The van der Waals surface area contributed by atoms with E-state index >= 15 is 0 Å². The van der Waals surface area contributed by atoms with Gasteiger partial charge in [-0.05, 0) is 24.2 Å². The van der Waals surface area contributed by atoms with E-state index in [1.165, 1.54) is 16.7 Å². The first-order valence-corrected chi connectivity index (χ1v) is 7.53. The maximum absolute atomic E-state index is 6.16. The third-order valence-electron chi connectivity index (χ3n) is 4.43. The maximum Gasteiger partial charge on any atom is 0.127 e. The van der Waals surface area contributed by atoms with Crippen molar-refractivity contribution in [3.05, 3.63) is 59.2 Å². The highest BCUT2D eigenvalue weighted by Gasteiger charge is 2.33. The summed E-state index contributed by atoms with van der Waals surface area (Å²) in [5.74, 6) is 2.06. The average molecular weight is 281 g/mol. The Kier molecular flexibility index (Phi) is 3.08. The predicted octanol–water partition coefficient (Wildman–Crippen LogP) is 2.89. The Morgan fingerprint density at radius 1 is 1.10 bits per heavy atom. The molecular weight excluding hydrogens is 262 g/mol. The summed E-state index contributed by atoms with van der Waals surface area (Å²) in [6.07, 6.45) is 2.06. The fourth-order valence-corrected chi connectivity index (χ4v) is 3.42. The van der Waals surface area contributed by atoms with Crippen molar-refractivity contribution >= 4 is 0 Å². The predicted molar refractivity (Wildman–Crippen MR) is 82.0 cm³/mol. The lowest BCUT2D eigenvalue weighted by atomic mass is 9.95. The number of hydrogen-bond donors (Lipinski definition) is 1. The average Bonchev–Trinajstić information content (AvgIpc) is 3.14. The number of likely N-dealkylation sites (N-methyl/N-ethyl adjacent to an activating group) is 1. The van der Waals surface area contributed by atoms with E-state index in [1.54, 1.807) is 0 Å². The van der Waals surface area contributed by atoms with Gasteiger partial charge in [0.05, 0.1) is 12.6 Å². The van der Waals surface area contributed by atoms with Crippen LogP contribution in [0.15, 0.2) is 42.5 Å². The zero-order valence-electron chi connectivity index (χ0n) is 12.1. The highest BCUT2D eigenvalue weighted by molar-refractivity contribution is 5.47. The van der Waals surface area contributed by atoms with Gasteiger partial charge in [-0.3, -0.25) is 0 Å². The van der Waals surface area contributed by atoms with Gasteiger partial charge < -0.3 is 14.8 Å². The van der Waals surface area contributed by atoms with Crippen molar-refractivity contribution in [1.82, 2.24) is 5.32 Å². The molecule has 2 atom stereocenters. The first kappa shape index (κ1) is 12.7. The first-order chi connectivity index (χ1) is 10.4. The molecule has 0 bridgehead atoms. The maximum atomic E-state index is 6.16. The number of hydrogen-bond acceptors (Lipinski definition) is 3. The summed E-state index contributed by atoms with van der Waals surface area (Å²) in [7, 11) is 1.99. The van der Waals surface area contributed by atoms with Gasteiger partial charge in [-0.15, -0.1) is 0 Å². The van der Waals surface area contributed by atoms with Gasteiger partial charge in [-0.1, -0.05) is 36.4 Å². The number of nitrogens with one attached hydrogen (secondary N) is 1. The third kappa shape index (κ3) is 2.09. The summed E-state index contributed by atoms with van der Waals surface area (Å²) in [5, 5.41) is 3.42. The van der Waals surface area contributed by atoms with Gasteiger partial charge in [0.1, 0.15) is 17.6 Å². The molecule has 2 heterocycles. The normalized spacial score (nSPS) is 20.3. The van der Waals surface area contributed by atoms with Crippen LogP contribution in [0.1, 0.15) is 22.7 Å². The van der Waals surface area contributed by atoms with E-state index in [4.69, 9.17) is 9.47 Å². The molecule has 0 saturated heterocycles. The quantitative estimate of drug-likeness (QED) is 0.938. The van der Waals surface area contributed by atoms with Crippen molar-refractivity contribution in [2.75, 3.05) is 13.7 Å². The molecule has 0 fully saturated rings. The fourth-order valence-electron chi connectivity index (χ4n) is 3.42. The van der Waals surface area contributed by atoms with Gasteiger partial charge in [0.25, 0.3) is 0 Å². The zero-order valence-corrected chi connectivity index (χ0v) is 12.1. The molecule has 0 spiro atoms. The van der Waals surface area contributed by atoms with Crippen LogP contribution in [0.25, 0.3) is 0 Å². The molecule has 2 unspecified atom stereocenters. The second-order valence-corrected chi connectivity index (χ2v) is 5.67. The van der Waals surface area contributed by atoms with Crippen molar-refractivity contribution in [3.63, 3.8) is 0 Å². The van der Waals surface area contributed by atoms with Crippen LogP contribution in [0.3, 0.4) is 0 Å². The highest BCUT2D eigenvalue weighted by atomic mass is 16.5. The molecule has 108 valence electrons. The lowest BCUT2D eigenvalue weighted by Gasteiger charge is -2.24. The Balaban J connectivity index is 1.67. The van der Waals surface area contributed by atoms with Crippen molar-refractivity contribution in [2.45, 2.75) is 25.0 Å². The fraction of sp³-hybridized carbons (Fsp3) is 0.333. The Hall–Kier alpha value is -2.00. The SMILES string of the molecule is CNC(c1cccc2c1OCC2)C1Cc2ccccc2O1. The summed E-state index contributed by atoms with van der Waals surface area (Å²) in [6, 6.07) is 14.9. The monoisotopic (exact) mass is 281 g/mol. The molecule has 4 rings (SSSR count). The molecule has 1 N–H and O–H groups in total. The minimum absolute atomic E-state index is 0.114. The Labute approximate surface area is 124 Å². The number of fused-ring (bicyclic) bond motifs is 2. The Bertz CT molecular complexity index is 643. The van der Waals surface area contributed by atoms with Gasteiger partial charge in [0, 0.05) is 18.4 Å². The molecule has 21 heavy (non-hydrogen) atoms. The smallest absolute Gasteiger partial charge is 0.127 e. The van der Waals surface area contributed by atoms with Gasteiger partial charge in [-0.2, -0.15) is 0 Å². The van der Waals surface area contributed by atoms with Crippen LogP contribution in [0.5, 0.6) is 11.5 Å². The van der Waals surface area contributed by atoms with E-state index in [0.717, 1.165) is 30.9 Å². The van der Waals surface area contributed by atoms with Crippen LogP contribution in [0.4, 0.5) is 0 Å². The topological polar surface area (TPSA) is 30.5 Å². The molecular formula is C18H19NO2. The van der Waals surface area contributed by atoms with E-state index in [1.807, 2.05) is 19.2 Å². The molecule has 0 aliphatic carbocycles. The van der Waals surface area contributed by atoms with Gasteiger partial charge >= 0.3 is 0 Å². The number of para-hydroxylation sites is 2. The van der Waals surface area contributed by atoms with Crippen LogP contribution in [0.2, 0.25) is 0 Å². The van der Waals surface area contributed by atoms with Crippen molar-refractivity contribution in [3.8, 4) is 11.5 Å². The molecule has 0 aromatic heterocycles. The molecule has 2 aromatic carbocycles. The summed E-state index contributed by atoms with van der Waals surface area (Å²) in [6.45, 7) is 0.786. The largest absolute Gasteiger partial charge is 0.493 e. The summed E-state index contributed by atoms with van der Waals surface area (Å²) in [4.78, 5) is 0. The number of rotatable bonds is 3. The van der Waals surface area contributed by atoms with Crippen LogP contribution in [-0.4, -0.2) is 19.8 Å². The highest BCUT2D eigenvalue weighted by Crippen LogP contribution is 2.39. The summed E-state index contributed by atoms with van der Waals surface area (Å²) < 4.78 is 12.0. The lowest BCUT2D eigenvalue weighted by molar-refractivity contribution is 0.181. The summed E-state index contributed by atoms with van der Waals surface area (Å²) in [5.41, 5.74) is 3.81. The lowest BCUT2D eigenvalue weighted by Crippen LogP contribution is -2.33. The van der Waals surface area contributed by atoms with Gasteiger partial charge in [0.2, 0.25) is 0 Å². The minimum atomic E-state index is 0.114. The molecule has 0 saturated carbocycles. The molecule has 2 aliphatic rings. The molecule has 0 radical (unpaired) electrons.